The molecule has 2 aromatic carbocycles. The van der Waals surface area contributed by atoms with Gasteiger partial charge < -0.3 is 4.18 Å². The lowest BCUT2D eigenvalue weighted by Gasteiger charge is -2.04. The second-order valence-electron chi connectivity index (χ2n) is 3.06. The number of fused-ring (bicyclic) bond motifs is 1. The maximum Gasteiger partial charge on any atom is 0.350 e. The molecule has 0 bridgehead atoms. The zero-order valence-electron chi connectivity index (χ0n) is 8.27. The van der Waals surface area contributed by atoms with Gasteiger partial charge in [0.25, 0.3) is 0 Å². The predicted octanol–water partition coefficient (Wildman–Crippen LogP) is 3.27. The maximum atomic E-state index is 11.6. The minimum Gasteiger partial charge on any atom is -0.388 e. The van der Waals surface area contributed by atoms with Crippen LogP contribution in [-0.4, -0.2) is 12.2 Å². The van der Waals surface area contributed by atoms with Crippen molar-refractivity contribution in [3.8, 4) is 0 Å². The van der Waals surface area contributed by atoms with Crippen LogP contribution in [0, 0.1) is 0 Å². The van der Waals surface area contributed by atoms with Crippen LogP contribution in [0.5, 0.6) is 0 Å². The minimum absolute atomic E-state index is 0.292. The lowest BCUT2D eigenvalue weighted by atomic mass is 10.1. The van der Waals surface area contributed by atoms with Gasteiger partial charge in [-0.2, -0.15) is 0 Å². The summed E-state index contributed by atoms with van der Waals surface area (Å²) in [6.45, 7) is 0. The molecule has 0 heterocycles. The molecule has 0 N–H and O–H groups in total. The molecule has 2 nitrogen and oxygen atoms in total. The Kier molecular flexibility index (Phi) is 2.92. The number of carbonyl (C=O) groups is 1. The van der Waals surface area contributed by atoms with Gasteiger partial charge in [-0.05, 0) is 16.8 Å². The molecule has 0 saturated carbocycles. The average Bonchev–Trinajstić information content (AvgIpc) is 2.28. The van der Waals surface area contributed by atoms with Gasteiger partial charge in [0.2, 0.25) is 0 Å². The Balaban J connectivity index is 2.56. The number of hydrogen-bond donors (Lipinski definition) is 0. The summed E-state index contributed by atoms with van der Waals surface area (Å²) in [6, 6.07) is 13.4. The Hall–Kier alpha value is -1.48. The van der Waals surface area contributed by atoms with E-state index >= 15 is 0 Å². The fraction of sp³-hybridized carbons (Fsp3) is 0.0833. The Morgan fingerprint density at radius 2 is 1.87 bits per heavy atom. The molecular weight excluding hydrogens is 208 g/mol. The minimum atomic E-state index is -0.292. The van der Waals surface area contributed by atoms with Crippen LogP contribution in [0.15, 0.2) is 42.5 Å². The summed E-state index contributed by atoms with van der Waals surface area (Å²) >= 11 is 1.06. The molecule has 0 spiro atoms. The van der Waals surface area contributed by atoms with Crippen molar-refractivity contribution in [1.82, 2.24) is 0 Å². The highest BCUT2D eigenvalue weighted by Crippen LogP contribution is 2.20. The van der Waals surface area contributed by atoms with Gasteiger partial charge in [-0.3, -0.25) is 0 Å². The van der Waals surface area contributed by atoms with Crippen LogP contribution in [0.4, 0.5) is 0 Å². The van der Waals surface area contributed by atoms with Crippen molar-refractivity contribution >= 4 is 28.8 Å². The Morgan fingerprint density at radius 1 is 1.13 bits per heavy atom. The number of benzene rings is 2. The fourth-order valence-electron chi connectivity index (χ4n) is 1.52. The summed E-state index contributed by atoms with van der Waals surface area (Å²) in [5, 5.41) is 1.98. The van der Waals surface area contributed by atoms with Crippen LogP contribution < -0.4 is 0 Å². The highest BCUT2D eigenvalue weighted by molar-refractivity contribution is 7.94. The van der Waals surface area contributed by atoms with Crippen molar-refractivity contribution in [3.05, 3.63) is 48.0 Å². The van der Waals surface area contributed by atoms with E-state index in [4.69, 9.17) is 4.18 Å². The number of carbonyl (C=O) groups excluding carboxylic acids is 1. The first kappa shape index (κ1) is 10.1. The molecule has 0 aliphatic rings. The molecule has 76 valence electrons. The summed E-state index contributed by atoms with van der Waals surface area (Å²) in [7, 11) is 0. The standard InChI is InChI=1S/C12H10O2S/c1-15-14-12(13)11-8-4-6-9-5-2-3-7-10(9)11/h2-8H,1H3. The van der Waals surface area contributed by atoms with E-state index in [1.54, 1.807) is 12.3 Å². The molecule has 0 unspecified atom stereocenters. The van der Waals surface area contributed by atoms with Crippen molar-refractivity contribution < 1.29 is 8.98 Å². The molecule has 0 fully saturated rings. The second kappa shape index (κ2) is 4.36. The SMILES string of the molecule is CSOC(=O)c1cccc2ccccc12. The molecule has 0 amide bonds. The lowest BCUT2D eigenvalue weighted by Crippen LogP contribution is -2.00. The van der Waals surface area contributed by atoms with Gasteiger partial charge in [-0.1, -0.05) is 36.4 Å². The normalized spacial score (nSPS) is 10.2. The van der Waals surface area contributed by atoms with E-state index in [2.05, 4.69) is 0 Å². The maximum absolute atomic E-state index is 11.6. The quantitative estimate of drug-likeness (QED) is 0.724. The van der Waals surface area contributed by atoms with E-state index in [1.807, 2.05) is 36.4 Å². The monoisotopic (exact) mass is 218 g/mol. The van der Waals surface area contributed by atoms with Crippen LogP contribution in [0.2, 0.25) is 0 Å². The lowest BCUT2D eigenvalue weighted by molar-refractivity contribution is 0.0771. The summed E-state index contributed by atoms with van der Waals surface area (Å²) in [4.78, 5) is 11.6. The third-order valence-corrected chi connectivity index (χ3v) is 2.49. The third kappa shape index (κ3) is 1.97. The molecule has 15 heavy (non-hydrogen) atoms. The van der Waals surface area contributed by atoms with Crippen LogP contribution in [0.1, 0.15) is 10.4 Å². The van der Waals surface area contributed by atoms with E-state index in [-0.39, 0.29) is 5.97 Å². The van der Waals surface area contributed by atoms with E-state index in [1.165, 1.54) is 0 Å². The van der Waals surface area contributed by atoms with Gasteiger partial charge in [-0.25, -0.2) is 4.79 Å². The van der Waals surface area contributed by atoms with Crippen molar-refractivity contribution in [2.24, 2.45) is 0 Å². The van der Waals surface area contributed by atoms with Gasteiger partial charge in [0.1, 0.15) is 0 Å². The first-order chi connectivity index (χ1) is 7.33. The molecule has 0 aliphatic heterocycles. The third-order valence-electron chi connectivity index (χ3n) is 2.17. The summed E-state index contributed by atoms with van der Waals surface area (Å²) in [5.41, 5.74) is 0.613. The van der Waals surface area contributed by atoms with Gasteiger partial charge >= 0.3 is 5.97 Å². The van der Waals surface area contributed by atoms with E-state index < -0.39 is 0 Å². The molecule has 0 aromatic heterocycles. The van der Waals surface area contributed by atoms with Crippen molar-refractivity contribution in [2.45, 2.75) is 0 Å². The first-order valence-corrected chi connectivity index (χ1v) is 5.70. The van der Waals surface area contributed by atoms with Crippen molar-refractivity contribution in [1.29, 1.82) is 0 Å². The summed E-state index contributed by atoms with van der Waals surface area (Å²) in [5.74, 6) is -0.292. The van der Waals surface area contributed by atoms with Crippen LogP contribution in [-0.2, 0) is 4.18 Å². The zero-order chi connectivity index (χ0) is 10.7. The van der Waals surface area contributed by atoms with Crippen LogP contribution in [0.3, 0.4) is 0 Å². The van der Waals surface area contributed by atoms with Gasteiger partial charge in [0.05, 0.1) is 17.6 Å². The van der Waals surface area contributed by atoms with Crippen LogP contribution >= 0.6 is 12.0 Å². The fourth-order valence-corrected chi connectivity index (χ4v) is 1.77. The molecule has 0 saturated heterocycles. The van der Waals surface area contributed by atoms with Gasteiger partial charge in [-0.15, -0.1) is 0 Å². The molecule has 0 radical (unpaired) electrons. The number of rotatable bonds is 2. The molecule has 3 heteroatoms. The summed E-state index contributed by atoms with van der Waals surface area (Å²) < 4.78 is 4.91. The van der Waals surface area contributed by atoms with E-state index in [9.17, 15) is 4.79 Å². The number of hydrogen-bond acceptors (Lipinski definition) is 3. The van der Waals surface area contributed by atoms with Crippen molar-refractivity contribution in [3.63, 3.8) is 0 Å². The molecule has 2 rings (SSSR count). The Morgan fingerprint density at radius 3 is 2.67 bits per heavy atom. The smallest absolute Gasteiger partial charge is 0.350 e. The first-order valence-electron chi connectivity index (χ1n) is 4.55. The average molecular weight is 218 g/mol. The Bertz CT molecular complexity index is 488. The molecule has 0 atom stereocenters. The highest BCUT2D eigenvalue weighted by atomic mass is 32.2. The van der Waals surface area contributed by atoms with E-state index in [0.29, 0.717) is 5.56 Å². The predicted molar refractivity (Wildman–Crippen MR) is 62.9 cm³/mol. The molecule has 0 aliphatic carbocycles. The van der Waals surface area contributed by atoms with Gasteiger partial charge in [0.15, 0.2) is 0 Å². The van der Waals surface area contributed by atoms with Crippen molar-refractivity contribution in [2.75, 3.05) is 6.26 Å². The molecular formula is C12H10O2S. The molecule has 2 aromatic rings. The Labute approximate surface area is 92.5 Å². The topological polar surface area (TPSA) is 26.3 Å². The largest absolute Gasteiger partial charge is 0.388 e. The second-order valence-corrected chi connectivity index (χ2v) is 3.56. The zero-order valence-corrected chi connectivity index (χ0v) is 9.08. The van der Waals surface area contributed by atoms with E-state index in [0.717, 1.165) is 22.8 Å². The highest BCUT2D eigenvalue weighted by Gasteiger charge is 2.10. The van der Waals surface area contributed by atoms with Crippen LogP contribution in [0.25, 0.3) is 10.8 Å². The summed E-state index contributed by atoms with van der Waals surface area (Å²) in [6.07, 6.45) is 1.73. The van der Waals surface area contributed by atoms with Gasteiger partial charge in [0, 0.05) is 6.26 Å².